The minimum Gasteiger partial charge on any atom is -0.338 e. The van der Waals surface area contributed by atoms with Gasteiger partial charge in [0.25, 0.3) is 5.91 Å². The number of hydrogen-bond donors (Lipinski definition) is 1. The van der Waals surface area contributed by atoms with Crippen molar-refractivity contribution in [3.63, 3.8) is 0 Å². The maximum atomic E-state index is 12.7. The molecule has 0 heterocycles. The second-order valence-electron chi connectivity index (χ2n) is 4.80. The van der Waals surface area contributed by atoms with Crippen molar-refractivity contribution in [2.24, 2.45) is 5.73 Å². The average Bonchev–Trinajstić information content (AvgIpc) is 2.42. The van der Waals surface area contributed by atoms with Crippen LogP contribution in [0.15, 0.2) is 18.2 Å². The lowest BCUT2D eigenvalue weighted by Gasteiger charge is -2.24. The summed E-state index contributed by atoms with van der Waals surface area (Å²) >= 11 is 0. The molecule has 1 aromatic rings. The number of amides is 1. The molecule has 0 bridgehead atoms. The van der Waals surface area contributed by atoms with Crippen LogP contribution in [0.1, 0.15) is 28.4 Å². The Kier molecular flexibility index (Phi) is 5.11. The quantitative estimate of drug-likeness (QED) is 0.867. The molecule has 0 saturated carbocycles. The van der Waals surface area contributed by atoms with Gasteiger partial charge in [-0.1, -0.05) is 0 Å². The van der Waals surface area contributed by atoms with Gasteiger partial charge in [-0.2, -0.15) is 26.3 Å². The predicted octanol–water partition coefficient (Wildman–Crippen LogP) is 3.14. The van der Waals surface area contributed by atoms with E-state index in [9.17, 15) is 31.1 Å². The number of rotatable bonds is 3. The molecular formula is C13H14F6N2O. The second kappa shape index (κ2) is 6.15. The molecule has 0 aliphatic heterocycles. The molecule has 2 N–H and O–H groups in total. The van der Waals surface area contributed by atoms with Crippen molar-refractivity contribution in [1.82, 2.24) is 4.90 Å². The van der Waals surface area contributed by atoms with E-state index < -0.39 is 41.0 Å². The highest BCUT2D eigenvalue weighted by Gasteiger charge is 2.37. The van der Waals surface area contributed by atoms with Gasteiger partial charge in [-0.3, -0.25) is 4.79 Å². The topological polar surface area (TPSA) is 46.3 Å². The minimum atomic E-state index is -4.99. The Balaban J connectivity index is 3.39. The van der Waals surface area contributed by atoms with Crippen molar-refractivity contribution in [3.8, 4) is 0 Å². The summed E-state index contributed by atoms with van der Waals surface area (Å²) in [6, 6.07) is 0.244. The summed E-state index contributed by atoms with van der Waals surface area (Å²) in [5, 5.41) is 0. The largest absolute Gasteiger partial charge is 0.416 e. The van der Waals surface area contributed by atoms with Gasteiger partial charge in [-0.25, -0.2) is 0 Å². The van der Waals surface area contributed by atoms with E-state index in [0.717, 1.165) is 4.90 Å². The number of carbonyl (C=O) groups is 1. The summed E-state index contributed by atoms with van der Waals surface area (Å²) in [7, 11) is 1.26. The summed E-state index contributed by atoms with van der Waals surface area (Å²) in [4.78, 5) is 13.0. The van der Waals surface area contributed by atoms with Crippen molar-refractivity contribution in [1.29, 1.82) is 0 Å². The molecule has 22 heavy (non-hydrogen) atoms. The Morgan fingerprint density at radius 3 is 1.82 bits per heavy atom. The van der Waals surface area contributed by atoms with Crippen LogP contribution in [0, 0.1) is 0 Å². The highest BCUT2D eigenvalue weighted by atomic mass is 19.4. The van der Waals surface area contributed by atoms with E-state index in [-0.39, 0.29) is 12.6 Å². The zero-order valence-electron chi connectivity index (χ0n) is 11.7. The van der Waals surface area contributed by atoms with Gasteiger partial charge in [0.05, 0.1) is 11.1 Å². The summed E-state index contributed by atoms with van der Waals surface area (Å²) in [6.45, 7) is 1.55. The molecule has 0 saturated heterocycles. The van der Waals surface area contributed by atoms with Crippen LogP contribution in [-0.2, 0) is 12.4 Å². The molecule has 124 valence electrons. The van der Waals surface area contributed by atoms with E-state index in [4.69, 9.17) is 5.73 Å². The van der Waals surface area contributed by atoms with E-state index >= 15 is 0 Å². The number of nitrogens with two attached hydrogens (primary N) is 1. The van der Waals surface area contributed by atoms with E-state index in [0.29, 0.717) is 12.1 Å². The van der Waals surface area contributed by atoms with Crippen LogP contribution in [0.2, 0.25) is 0 Å². The van der Waals surface area contributed by atoms with Gasteiger partial charge in [0.1, 0.15) is 0 Å². The molecule has 1 amide bonds. The molecule has 0 radical (unpaired) electrons. The third kappa shape index (κ3) is 4.12. The Bertz CT molecular complexity index is 520. The fourth-order valence-corrected chi connectivity index (χ4v) is 1.64. The number of likely N-dealkylation sites (N-methyl/N-ethyl adjacent to an activating group) is 1. The SMILES string of the molecule is CC(CN)N(C)C(=O)c1cc(C(F)(F)F)cc(C(F)(F)F)c1. The predicted molar refractivity (Wildman–Crippen MR) is 67.1 cm³/mol. The van der Waals surface area contributed by atoms with Crippen molar-refractivity contribution in [2.45, 2.75) is 25.3 Å². The Morgan fingerprint density at radius 1 is 1.09 bits per heavy atom. The molecule has 1 unspecified atom stereocenters. The lowest BCUT2D eigenvalue weighted by atomic mass is 10.0. The van der Waals surface area contributed by atoms with Crippen molar-refractivity contribution in [2.75, 3.05) is 13.6 Å². The standard InChI is InChI=1S/C13H14F6N2O/c1-7(6-20)21(2)11(22)8-3-9(12(14,15)16)5-10(4-8)13(17,18)19/h3-5,7H,6,20H2,1-2H3. The average molecular weight is 328 g/mol. The maximum absolute atomic E-state index is 12.7. The Morgan fingerprint density at radius 2 is 1.50 bits per heavy atom. The van der Waals surface area contributed by atoms with Gasteiger partial charge in [0, 0.05) is 25.2 Å². The lowest BCUT2D eigenvalue weighted by Crippen LogP contribution is -2.39. The normalized spacial score (nSPS) is 13.9. The zero-order chi connectivity index (χ0) is 17.3. The maximum Gasteiger partial charge on any atom is 0.416 e. The third-order valence-corrected chi connectivity index (χ3v) is 3.16. The fourth-order valence-electron chi connectivity index (χ4n) is 1.64. The number of carbonyl (C=O) groups excluding carboxylic acids is 1. The molecular weight excluding hydrogens is 314 g/mol. The van der Waals surface area contributed by atoms with E-state index in [1.54, 1.807) is 0 Å². The highest BCUT2D eigenvalue weighted by molar-refractivity contribution is 5.94. The monoisotopic (exact) mass is 328 g/mol. The lowest BCUT2D eigenvalue weighted by molar-refractivity contribution is -0.143. The van der Waals surface area contributed by atoms with Crippen LogP contribution in [0.4, 0.5) is 26.3 Å². The molecule has 0 aliphatic rings. The zero-order valence-corrected chi connectivity index (χ0v) is 11.7. The molecule has 0 fully saturated rings. The van der Waals surface area contributed by atoms with Crippen LogP contribution in [0.3, 0.4) is 0 Å². The first-order valence-corrected chi connectivity index (χ1v) is 6.14. The summed E-state index contributed by atoms with van der Waals surface area (Å²) < 4.78 is 76.3. The molecule has 0 aromatic heterocycles. The van der Waals surface area contributed by atoms with E-state index in [2.05, 4.69) is 0 Å². The highest BCUT2D eigenvalue weighted by Crippen LogP contribution is 2.36. The molecule has 0 aliphatic carbocycles. The van der Waals surface area contributed by atoms with Crippen molar-refractivity contribution in [3.05, 3.63) is 34.9 Å². The van der Waals surface area contributed by atoms with Crippen LogP contribution in [0.5, 0.6) is 0 Å². The number of hydrogen-bond acceptors (Lipinski definition) is 2. The van der Waals surface area contributed by atoms with Gasteiger partial charge < -0.3 is 10.6 Å². The fraction of sp³-hybridized carbons (Fsp3) is 0.462. The van der Waals surface area contributed by atoms with Gasteiger partial charge >= 0.3 is 12.4 Å². The van der Waals surface area contributed by atoms with Gasteiger partial charge in [0.2, 0.25) is 0 Å². The number of alkyl halides is 6. The van der Waals surface area contributed by atoms with Gasteiger partial charge in [0.15, 0.2) is 0 Å². The first-order valence-electron chi connectivity index (χ1n) is 6.14. The molecule has 3 nitrogen and oxygen atoms in total. The Labute approximate surface area is 122 Å². The summed E-state index contributed by atoms with van der Waals surface area (Å²) in [5.41, 5.74) is 1.59. The summed E-state index contributed by atoms with van der Waals surface area (Å²) in [5.74, 6) is -0.963. The third-order valence-electron chi connectivity index (χ3n) is 3.16. The minimum absolute atomic E-state index is 0.0212. The molecule has 0 spiro atoms. The second-order valence-corrected chi connectivity index (χ2v) is 4.80. The summed E-state index contributed by atoms with van der Waals surface area (Å²) in [6.07, 6.45) is -9.98. The molecule has 1 aromatic carbocycles. The van der Waals surface area contributed by atoms with Gasteiger partial charge in [-0.15, -0.1) is 0 Å². The van der Waals surface area contributed by atoms with Gasteiger partial charge in [-0.05, 0) is 25.1 Å². The Hall–Kier alpha value is -1.77. The van der Waals surface area contributed by atoms with Crippen LogP contribution in [-0.4, -0.2) is 30.4 Å². The first kappa shape index (κ1) is 18.3. The number of halogens is 6. The molecule has 9 heteroatoms. The van der Waals surface area contributed by atoms with Crippen molar-refractivity contribution >= 4 is 5.91 Å². The smallest absolute Gasteiger partial charge is 0.338 e. The van der Waals surface area contributed by atoms with Crippen LogP contribution in [0.25, 0.3) is 0 Å². The number of nitrogens with zero attached hydrogens (tertiary/aromatic N) is 1. The molecule has 1 rings (SSSR count). The van der Waals surface area contributed by atoms with E-state index in [1.165, 1.54) is 14.0 Å². The first-order chi connectivity index (χ1) is 9.87. The number of benzene rings is 1. The van der Waals surface area contributed by atoms with E-state index in [1.807, 2.05) is 0 Å². The van der Waals surface area contributed by atoms with Crippen LogP contribution < -0.4 is 5.73 Å². The van der Waals surface area contributed by atoms with Crippen LogP contribution >= 0.6 is 0 Å². The van der Waals surface area contributed by atoms with Crippen molar-refractivity contribution < 1.29 is 31.1 Å². The molecule has 1 atom stereocenters.